The van der Waals surface area contributed by atoms with E-state index in [1.165, 1.54) is 0 Å². The molecule has 5 heteroatoms. The Labute approximate surface area is 117 Å². The number of amides is 1. The van der Waals surface area contributed by atoms with Crippen LogP contribution < -0.4 is 9.64 Å². The van der Waals surface area contributed by atoms with E-state index < -0.39 is 17.9 Å². The van der Waals surface area contributed by atoms with Gasteiger partial charge in [-0.1, -0.05) is 12.1 Å². The molecule has 0 aliphatic carbocycles. The SMILES string of the molecule is CC(F)(F)CCC(=O)N1CC(C)(C)Oc2ccccc21. The van der Waals surface area contributed by atoms with E-state index in [0.717, 1.165) is 6.92 Å². The molecule has 1 aromatic carbocycles. The van der Waals surface area contributed by atoms with Crippen molar-refractivity contribution in [2.75, 3.05) is 11.4 Å². The van der Waals surface area contributed by atoms with Crippen LogP contribution in [0.5, 0.6) is 5.75 Å². The Balaban J connectivity index is 2.20. The third-order valence-electron chi connectivity index (χ3n) is 3.16. The van der Waals surface area contributed by atoms with Crippen molar-refractivity contribution in [2.24, 2.45) is 0 Å². The lowest BCUT2D eigenvalue weighted by Gasteiger charge is -2.39. The molecule has 0 saturated heterocycles. The number of nitrogens with zero attached hydrogens (tertiary/aromatic N) is 1. The fraction of sp³-hybridized carbons (Fsp3) is 0.533. The molecule has 3 nitrogen and oxygen atoms in total. The third kappa shape index (κ3) is 3.46. The summed E-state index contributed by atoms with van der Waals surface area (Å²) < 4.78 is 31.6. The third-order valence-corrected chi connectivity index (χ3v) is 3.16. The highest BCUT2D eigenvalue weighted by Gasteiger charge is 2.35. The molecule has 0 unspecified atom stereocenters. The number of carbonyl (C=O) groups excluding carboxylic acids is 1. The monoisotopic (exact) mass is 283 g/mol. The first-order valence-corrected chi connectivity index (χ1v) is 6.64. The molecule has 0 N–H and O–H groups in total. The van der Waals surface area contributed by atoms with E-state index in [1.807, 2.05) is 19.9 Å². The number of rotatable bonds is 3. The van der Waals surface area contributed by atoms with E-state index in [0.29, 0.717) is 18.0 Å². The lowest BCUT2D eigenvalue weighted by molar-refractivity contribution is -0.121. The number of ether oxygens (including phenoxy) is 1. The number of halogens is 2. The molecule has 0 bridgehead atoms. The average molecular weight is 283 g/mol. The van der Waals surface area contributed by atoms with Crippen molar-refractivity contribution in [3.05, 3.63) is 24.3 Å². The van der Waals surface area contributed by atoms with Crippen LogP contribution in [0.1, 0.15) is 33.6 Å². The van der Waals surface area contributed by atoms with Gasteiger partial charge < -0.3 is 9.64 Å². The first-order valence-electron chi connectivity index (χ1n) is 6.64. The van der Waals surface area contributed by atoms with E-state index in [2.05, 4.69) is 0 Å². The van der Waals surface area contributed by atoms with Crippen molar-refractivity contribution in [1.82, 2.24) is 0 Å². The molecule has 0 spiro atoms. The van der Waals surface area contributed by atoms with Crippen LogP contribution >= 0.6 is 0 Å². The molecule has 0 fully saturated rings. The van der Waals surface area contributed by atoms with Crippen molar-refractivity contribution in [3.63, 3.8) is 0 Å². The molecule has 0 aromatic heterocycles. The van der Waals surface area contributed by atoms with Crippen LogP contribution in [0.15, 0.2) is 24.3 Å². The van der Waals surface area contributed by atoms with E-state index in [-0.39, 0.29) is 12.3 Å². The number of para-hydroxylation sites is 2. The van der Waals surface area contributed by atoms with Gasteiger partial charge in [-0.15, -0.1) is 0 Å². The largest absolute Gasteiger partial charge is 0.484 e. The van der Waals surface area contributed by atoms with Gasteiger partial charge in [-0.3, -0.25) is 4.79 Å². The zero-order chi connectivity index (χ0) is 15.0. The smallest absolute Gasteiger partial charge is 0.245 e. The molecule has 1 heterocycles. The lowest BCUT2D eigenvalue weighted by atomic mass is 10.0. The molecule has 110 valence electrons. The molecule has 1 aliphatic heterocycles. The fourth-order valence-electron chi connectivity index (χ4n) is 2.25. The van der Waals surface area contributed by atoms with Gasteiger partial charge in [0.05, 0.1) is 12.2 Å². The van der Waals surface area contributed by atoms with Crippen LogP contribution in [0.3, 0.4) is 0 Å². The Hall–Kier alpha value is -1.65. The maximum absolute atomic E-state index is 12.9. The van der Waals surface area contributed by atoms with Crippen molar-refractivity contribution < 1.29 is 18.3 Å². The van der Waals surface area contributed by atoms with E-state index in [9.17, 15) is 13.6 Å². The van der Waals surface area contributed by atoms with Gasteiger partial charge in [0.1, 0.15) is 11.4 Å². The molecule has 2 rings (SSSR count). The minimum absolute atomic E-state index is 0.173. The zero-order valence-electron chi connectivity index (χ0n) is 12.0. The Morgan fingerprint density at radius 1 is 1.40 bits per heavy atom. The second-order valence-corrected chi connectivity index (χ2v) is 5.88. The van der Waals surface area contributed by atoms with Gasteiger partial charge in [0.15, 0.2) is 0 Å². The molecule has 0 atom stereocenters. The number of hydrogen-bond donors (Lipinski definition) is 0. The van der Waals surface area contributed by atoms with E-state index in [4.69, 9.17) is 4.74 Å². The van der Waals surface area contributed by atoms with Crippen molar-refractivity contribution >= 4 is 11.6 Å². The van der Waals surface area contributed by atoms with Crippen LogP contribution in [-0.2, 0) is 4.79 Å². The van der Waals surface area contributed by atoms with Crippen LogP contribution in [-0.4, -0.2) is 24.0 Å². The van der Waals surface area contributed by atoms with Crippen molar-refractivity contribution in [3.8, 4) is 5.75 Å². The number of benzene rings is 1. The average Bonchev–Trinajstić information content (AvgIpc) is 2.33. The summed E-state index contributed by atoms with van der Waals surface area (Å²) in [5.41, 5.74) is 0.120. The van der Waals surface area contributed by atoms with Gasteiger partial charge in [-0.05, 0) is 32.9 Å². The van der Waals surface area contributed by atoms with Crippen LogP contribution in [0.2, 0.25) is 0 Å². The summed E-state index contributed by atoms with van der Waals surface area (Å²) in [5.74, 6) is -2.51. The summed E-state index contributed by atoms with van der Waals surface area (Å²) >= 11 is 0. The molecule has 0 radical (unpaired) electrons. The maximum Gasteiger partial charge on any atom is 0.245 e. The van der Waals surface area contributed by atoms with Crippen LogP contribution in [0, 0.1) is 0 Å². The number of alkyl halides is 2. The summed E-state index contributed by atoms with van der Waals surface area (Å²) in [7, 11) is 0. The highest BCUT2D eigenvalue weighted by molar-refractivity contribution is 5.95. The van der Waals surface area contributed by atoms with Crippen molar-refractivity contribution in [1.29, 1.82) is 0 Å². The quantitative estimate of drug-likeness (QED) is 0.848. The zero-order valence-corrected chi connectivity index (χ0v) is 12.0. The Kier molecular flexibility index (Phi) is 3.71. The molecular formula is C15H19F2NO2. The van der Waals surface area contributed by atoms with Gasteiger partial charge in [-0.2, -0.15) is 0 Å². The summed E-state index contributed by atoms with van der Waals surface area (Å²) in [4.78, 5) is 13.8. The van der Waals surface area contributed by atoms with Gasteiger partial charge in [-0.25, -0.2) is 8.78 Å². The van der Waals surface area contributed by atoms with E-state index in [1.54, 1.807) is 23.1 Å². The Morgan fingerprint density at radius 2 is 2.05 bits per heavy atom. The Morgan fingerprint density at radius 3 is 2.70 bits per heavy atom. The standard InChI is InChI=1S/C15H19F2NO2/c1-14(2)10-18(13(19)8-9-15(3,16)17)11-6-4-5-7-12(11)20-14/h4-7H,8-10H2,1-3H3. The summed E-state index contributed by atoms with van der Waals surface area (Å²) in [6.07, 6.45) is -0.611. The minimum Gasteiger partial charge on any atom is -0.484 e. The second kappa shape index (κ2) is 5.04. The normalized spacial score (nSPS) is 17.4. The van der Waals surface area contributed by atoms with Crippen LogP contribution in [0.4, 0.5) is 14.5 Å². The van der Waals surface area contributed by atoms with E-state index >= 15 is 0 Å². The summed E-state index contributed by atoms with van der Waals surface area (Å²) in [6, 6.07) is 7.18. The predicted molar refractivity (Wildman–Crippen MR) is 73.4 cm³/mol. The summed E-state index contributed by atoms with van der Waals surface area (Å²) in [6.45, 7) is 4.94. The van der Waals surface area contributed by atoms with Gasteiger partial charge in [0.25, 0.3) is 0 Å². The predicted octanol–water partition coefficient (Wildman–Crippen LogP) is 3.63. The highest BCUT2D eigenvalue weighted by Crippen LogP contribution is 2.37. The van der Waals surface area contributed by atoms with Gasteiger partial charge in [0.2, 0.25) is 11.8 Å². The second-order valence-electron chi connectivity index (χ2n) is 5.88. The molecule has 1 aromatic rings. The lowest BCUT2D eigenvalue weighted by Crippen LogP contribution is -2.49. The molecule has 0 saturated carbocycles. The number of hydrogen-bond acceptors (Lipinski definition) is 2. The molecule has 1 amide bonds. The fourth-order valence-corrected chi connectivity index (χ4v) is 2.25. The maximum atomic E-state index is 12.9. The number of carbonyl (C=O) groups is 1. The minimum atomic E-state index is -2.82. The Bertz CT molecular complexity index is 509. The topological polar surface area (TPSA) is 29.5 Å². The number of anilines is 1. The molecular weight excluding hydrogens is 264 g/mol. The molecule has 20 heavy (non-hydrogen) atoms. The molecule has 1 aliphatic rings. The van der Waals surface area contributed by atoms with Gasteiger partial charge in [0, 0.05) is 12.8 Å². The first kappa shape index (κ1) is 14.8. The van der Waals surface area contributed by atoms with Crippen LogP contribution in [0.25, 0.3) is 0 Å². The number of fused-ring (bicyclic) bond motifs is 1. The highest BCUT2D eigenvalue weighted by atomic mass is 19.3. The summed E-state index contributed by atoms with van der Waals surface area (Å²) in [5, 5.41) is 0. The first-order chi connectivity index (χ1) is 9.18. The van der Waals surface area contributed by atoms with Gasteiger partial charge >= 0.3 is 0 Å². The van der Waals surface area contributed by atoms with Crippen molar-refractivity contribution in [2.45, 2.75) is 45.1 Å².